The van der Waals surface area contributed by atoms with Gasteiger partial charge in [0.05, 0.1) is 23.7 Å². The van der Waals surface area contributed by atoms with E-state index in [1.165, 1.54) is 6.33 Å². The van der Waals surface area contributed by atoms with Gasteiger partial charge in [-0.2, -0.15) is 5.10 Å². The maximum atomic E-state index is 11.1. The summed E-state index contributed by atoms with van der Waals surface area (Å²) in [7, 11) is 0. The molecule has 2 aromatic heterocycles. The van der Waals surface area contributed by atoms with Crippen molar-refractivity contribution in [2.45, 2.75) is 6.54 Å². The third-order valence-electron chi connectivity index (χ3n) is 3.98. The van der Waals surface area contributed by atoms with Gasteiger partial charge in [0.2, 0.25) is 0 Å². The first-order valence-electron chi connectivity index (χ1n) is 8.01. The zero-order valence-corrected chi connectivity index (χ0v) is 13.7. The Morgan fingerprint density at radius 2 is 1.92 bits per heavy atom. The molecule has 4 rings (SSSR count). The molecule has 0 aliphatic heterocycles. The lowest BCUT2D eigenvalue weighted by Gasteiger charge is -2.08. The topological polar surface area (TPSA) is 92.9 Å². The van der Waals surface area contributed by atoms with Crippen LogP contribution < -0.4 is 5.32 Å². The van der Waals surface area contributed by atoms with E-state index in [1.807, 2.05) is 35.0 Å². The van der Waals surface area contributed by atoms with Gasteiger partial charge >= 0.3 is 5.97 Å². The van der Waals surface area contributed by atoms with Gasteiger partial charge < -0.3 is 10.4 Å². The number of hydrogen-bond acceptors (Lipinski definition) is 5. The van der Waals surface area contributed by atoms with Gasteiger partial charge in [0, 0.05) is 5.69 Å². The van der Waals surface area contributed by atoms with Crippen LogP contribution in [0.4, 0.5) is 11.5 Å². The Morgan fingerprint density at radius 3 is 2.73 bits per heavy atom. The van der Waals surface area contributed by atoms with E-state index in [0.29, 0.717) is 23.7 Å². The highest BCUT2D eigenvalue weighted by atomic mass is 16.4. The van der Waals surface area contributed by atoms with E-state index < -0.39 is 5.97 Å². The molecule has 128 valence electrons. The zero-order valence-electron chi connectivity index (χ0n) is 13.7. The van der Waals surface area contributed by atoms with Crippen LogP contribution in [0.1, 0.15) is 15.9 Å². The van der Waals surface area contributed by atoms with E-state index in [2.05, 4.69) is 20.4 Å². The summed E-state index contributed by atoms with van der Waals surface area (Å²) < 4.78 is 1.81. The highest BCUT2D eigenvalue weighted by Gasteiger charge is 2.11. The lowest BCUT2D eigenvalue weighted by Crippen LogP contribution is -2.03. The highest BCUT2D eigenvalue weighted by Crippen LogP contribution is 2.23. The van der Waals surface area contributed by atoms with E-state index in [9.17, 15) is 4.79 Å². The van der Waals surface area contributed by atoms with Gasteiger partial charge in [-0.05, 0) is 23.8 Å². The van der Waals surface area contributed by atoms with Crippen molar-refractivity contribution in [3.63, 3.8) is 0 Å². The quantitative estimate of drug-likeness (QED) is 0.576. The van der Waals surface area contributed by atoms with Crippen molar-refractivity contribution >= 4 is 28.5 Å². The Kier molecular flexibility index (Phi) is 4.03. The molecule has 2 aromatic carbocycles. The van der Waals surface area contributed by atoms with Crippen molar-refractivity contribution in [1.82, 2.24) is 19.7 Å². The minimum Gasteiger partial charge on any atom is -0.478 e. The van der Waals surface area contributed by atoms with Crippen LogP contribution in [0.5, 0.6) is 0 Å². The molecule has 7 heteroatoms. The standard InChI is InChI=1S/C19H15N5O2/c25-19(26)14-7-4-8-15(9-14)23-17-16-10-22-24(18(16)21-12-20-17)11-13-5-2-1-3-6-13/h1-10,12H,11H2,(H,25,26)(H,20,21,23). The molecule has 0 radical (unpaired) electrons. The van der Waals surface area contributed by atoms with Gasteiger partial charge in [-0.1, -0.05) is 36.4 Å². The molecule has 0 amide bonds. The predicted octanol–water partition coefficient (Wildman–Crippen LogP) is 3.32. The summed E-state index contributed by atoms with van der Waals surface area (Å²) >= 11 is 0. The molecule has 0 aliphatic rings. The van der Waals surface area contributed by atoms with Crippen LogP contribution in [0.25, 0.3) is 11.0 Å². The molecule has 7 nitrogen and oxygen atoms in total. The Morgan fingerprint density at radius 1 is 1.08 bits per heavy atom. The second-order valence-corrected chi connectivity index (χ2v) is 5.76. The number of fused-ring (bicyclic) bond motifs is 1. The third-order valence-corrected chi connectivity index (χ3v) is 3.98. The van der Waals surface area contributed by atoms with Crippen molar-refractivity contribution in [3.8, 4) is 0 Å². The fourth-order valence-corrected chi connectivity index (χ4v) is 2.73. The van der Waals surface area contributed by atoms with Gasteiger partial charge in [-0.25, -0.2) is 19.4 Å². The van der Waals surface area contributed by atoms with Crippen LogP contribution >= 0.6 is 0 Å². The summed E-state index contributed by atoms with van der Waals surface area (Å²) in [5, 5.41) is 17.5. The first kappa shape index (κ1) is 15.8. The second-order valence-electron chi connectivity index (χ2n) is 5.76. The Labute approximate surface area is 149 Å². The zero-order chi connectivity index (χ0) is 17.9. The van der Waals surface area contributed by atoms with Crippen molar-refractivity contribution in [2.24, 2.45) is 0 Å². The van der Waals surface area contributed by atoms with E-state index in [4.69, 9.17) is 5.11 Å². The molecule has 2 heterocycles. The fourth-order valence-electron chi connectivity index (χ4n) is 2.73. The summed E-state index contributed by atoms with van der Waals surface area (Å²) in [6.45, 7) is 0.606. The van der Waals surface area contributed by atoms with Crippen LogP contribution in [0.2, 0.25) is 0 Å². The smallest absolute Gasteiger partial charge is 0.335 e. The number of carbonyl (C=O) groups is 1. The Bertz CT molecular complexity index is 1080. The summed E-state index contributed by atoms with van der Waals surface area (Å²) in [5.74, 6) is -0.394. The molecule has 0 fully saturated rings. The number of benzene rings is 2. The number of hydrogen-bond donors (Lipinski definition) is 2. The molecule has 0 atom stereocenters. The number of anilines is 2. The average molecular weight is 345 g/mol. The molecular formula is C19H15N5O2. The number of nitrogens with zero attached hydrogens (tertiary/aromatic N) is 4. The molecule has 4 aromatic rings. The van der Waals surface area contributed by atoms with E-state index in [1.54, 1.807) is 30.5 Å². The van der Waals surface area contributed by atoms with E-state index in [-0.39, 0.29) is 5.56 Å². The fraction of sp³-hybridized carbons (Fsp3) is 0.0526. The SMILES string of the molecule is O=C(O)c1cccc(Nc2ncnc3c2cnn3Cc2ccccc2)c1. The van der Waals surface area contributed by atoms with Crippen LogP contribution in [0.3, 0.4) is 0 Å². The number of aromatic carboxylic acids is 1. The van der Waals surface area contributed by atoms with Crippen LogP contribution in [-0.2, 0) is 6.54 Å². The van der Waals surface area contributed by atoms with Crippen molar-refractivity contribution in [2.75, 3.05) is 5.32 Å². The minimum absolute atomic E-state index is 0.208. The van der Waals surface area contributed by atoms with Gasteiger partial charge in [-0.3, -0.25) is 0 Å². The summed E-state index contributed by atoms with van der Waals surface area (Å²) in [5.41, 5.74) is 2.68. The number of carboxylic acid groups (broad SMARTS) is 1. The third kappa shape index (κ3) is 3.10. The first-order valence-corrected chi connectivity index (χ1v) is 8.01. The highest BCUT2D eigenvalue weighted by molar-refractivity contribution is 5.91. The van der Waals surface area contributed by atoms with Gasteiger partial charge in [0.15, 0.2) is 5.65 Å². The van der Waals surface area contributed by atoms with Crippen molar-refractivity contribution in [1.29, 1.82) is 0 Å². The summed E-state index contributed by atoms with van der Waals surface area (Å²) in [6.07, 6.45) is 3.18. The minimum atomic E-state index is -0.975. The maximum Gasteiger partial charge on any atom is 0.335 e. The largest absolute Gasteiger partial charge is 0.478 e. The molecule has 0 unspecified atom stereocenters. The summed E-state index contributed by atoms with van der Waals surface area (Å²) in [6, 6.07) is 16.6. The van der Waals surface area contributed by atoms with Crippen LogP contribution in [-0.4, -0.2) is 30.8 Å². The monoisotopic (exact) mass is 345 g/mol. The van der Waals surface area contributed by atoms with E-state index in [0.717, 1.165) is 10.9 Å². The second kappa shape index (κ2) is 6.64. The lowest BCUT2D eigenvalue weighted by molar-refractivity contribution is 0.0697. The Hall–Kier alpha value is -3.74. The lowest BCUT2D eigenvalue weighted by atomic mass is 10.2. The normalized spacial score (nSPS) is 10.8. The van der Waals surface area contributed by atoms with Crippen molar-refractivity contribution < 1.29 is 9.90 Å². The van der Waals surface area contributed by atoms with Gasteiger partial charge in [0.1, 0.15) is 12.1 Å². The average Bonchev–Trinajstić information content (AvgIpc) is 3.07. The van der Waals surface area contributed by atoms with Gasteiger partial charge in [0.25, 0.3) is 0 Å². The molecule has 0 aliphatic carbocycles. The number of rotatable bonds is 5. The molecule has 26 heavy (non-hydrogen) atoms. The van der Waals surface area contributed by atoms with Crippen LogP contribution in [0, 0.1) is 0 Å². The van der Waals surface area contributed by atoms with Crippen LogP contribution in [0.15, 0.2) is 67.1 Å². The molecule has 2 N–H and O–H groups in total. The first-order chi connectivity index (χ1) is 12.7. The Balaban J connectivity index is 1.67. The number of nitrogens with one attached hydrogen (secondary N) is 1. The maximum absolute atomic E-state index is 11.1. The van der Waals surface area contributed by atoms with Crippen molar-refractivity contribution in [3.05, 3.63) is 78.2 Å². The molecule has 0 saturated heterocycles. The number of carboxylic acids is 1. The molecular weight excluding hydrogens is 330 g/mol. The van der Waals surface area contributed by atoms with E-state index >= 15 is 0 Å². The number of aromatic nitrogens is 4. The molecule has 0 bridgehead atoms. The summed E-state index contributed by atoms with van der Waals surface area (Å²) in [4.78, 5) is 19.7. The molecule has 0 saturated carbocycles. The predicted molar refractivity (Wildman–Crippen MR) is 97.6 cm³/mol. The van der Waals surface area contributed by atoms with Gasteiger partial charge in [-0.15, -0.1) is 0 Å². The molecule has 0 spiro atoms.